The highest BCUT2D eigenvalue weighted by Crippen LogP contribution is 2.19. The van der Waals surface area contributed by atoms with Crippen LogP contribution in [-0.4, -0.2) is 42.5 Å². The largest absolute Gasteiger partial charge is 0.369 e. The van der Waals surface area contributed by atoms with E-state index in [1.165, 1.54) is 0 Å². The monoisotopic (exact) mass is 207 g/mol. The van der Waals surface area contributed by atoms with Crippen LogP contribution in [0, 0.1) is 0 Å². The van der Waals surface area contributed by atoms with Crippen LogP contribution >= 0.6 is 16.9 Å². The van der Waals surface area contributed by atoms with Gasteiger partial charge in [-0.05, 0) is 6.92 Å². The molecule has 0 radical (unpaired) electrons. The van der Waals surface area contributed by atoms with Crippen LogP contribution in [0.5, 0.6) is 0 Å². The Kier molecular flexibility index (Phi) is 4.09. The minimum Gasteiger partial charge on any atom is -0.369 e. The predicted molar refractivity (Wildman–Crippen MR) is 58.7 cm³/mol. The van der Waals surface area contributed by atoms with Crippen molar-refractivity contribution in [2.75, 3.05) is 19.4 Å². The number of nitrogens with two attached hydrogens (primary N) is 1. The van der Waals surface area contributed by atoms with E-state index in [2.05, 4.69) is 27.4 Å². The van der Waals surface area contributed by atoms with Gasteiger partial charge < -0.3 is 4.74 Å². The number of morpholine rings is 1. The summed E-state index contributed by atoms with van der Waals surface area (Å²) in [5, 5.41) is 0. The van der Waals surface area contributed by atoms with Gasteiger partial charge in [0.2, 0.25) is 0 Å². The number of rotatable bonds is 2. The number of ether oxygens (including phenoxy) is 1. The molecule has 0 aromatic carbocycles. The second-order valence-electron chi connectivity index (χ2n) is 3.25. The lowest BCUT2D eigenvalue weighted by molar-refractivity contribution is -0.0300. The highest BCUT2D eigenvalue weighted by Gasteiger charge is 2.24. The Bertz CT molecular complexity index is 167. The fourth-order valence-corrected chi connectivity index (χ4v) is 2.76. The zero-order valence-electron chi connectivity index (χ0n) is 7.44. The minimum absolute atomic E-state index is 0.253. The van der Waals surface area contributed by atoms with Crippen molar-refractivity contribution in [1.29, 1.82) is 0 Å². The molecule has 1 fully saturated rings. The standard InChI is InChI=1S/C7H17N2OP2/c1-6-3-9(5-12(2)8)4-7(11)10-6/h6-7H,2-5,8,11H2,1H3/q+1. The lowest BCUT2D eigenvalue weighted by Crippen LogP contribution is -2.44. The van der Waals surface area contributed by atoms with Gasteiger partial charge in [-0.1, -0.05) is 0 Å². The first-order valence-corrected chi connectivity index (χ1v) is 6.49. The van der Waals surface area contributed by atoms with Crippen LogP contribution in [0.2, 0.25) is 0 Å². The smallest absolute Gasteiger partial charge is 0.187 e. The molecule has 1 rings (SSSR count). The highest BCUT2D eigenvalue weighted by atomic mass is 31.1. The van der Waals surface area contributed by atoms with E-state index in [4.69, 9.17) is 10.2 Å². The Morgan fingerprint density at radius 3 is 2.92 bits per heavy atom. The molecule has 4 unspecified atom stereocenters. The van der Waals surface area contributed by atoms with E-state index in [1.54, 1.807) is 0 Å². The van der Waals surface area contributed by atoms with E-state index in [0.29, 0.717) is 6.10 Å². The Labute approximate surface area is 77.3 Å². The molecule has 0 aliphatic carbocycles. The van der Waals surface area contributed by atoms with Crippen molar-refractivity contribution in [1.82, 2.24) is 4.90 Å². The van der Waals surface area contributed by atoms with Crippen molar-refractivity contribution in [3.8, 4) is 0 Å². The summed E-state index contributed by atoms with van der Waals surface area (Å²) >= 11 is 0. The molecular formula is C7H17N2OP2+. The molecule has 1 aliphatic heterocycles. The average molecular weight is 207 g/mol. The van der Waals surface area contributed by atoms with Crippen LogP contribution in [0.25, 0.3) is 0 Å². The number of hydrogen-bond donors (Lipinski definition) is 1. The van der Waals surface area contributed by atoms with E-state index < -0.39 is 7.70 Å². The first-order valence-electron chi connectivity index (χ1n) is 4.04. The van der Waals surface area contributed by atoms with E-state index in [0.717, 1.165) is 19.4 Å². The van der Waals surface area contributed by atoms with Crippen LogP contribution in [0.1, 0.15) is 6.92 Å². The van der Waals surface area contributed by atoms with E-state index in [9.17, 15) is 0 Å². The third-order valence-corrected chi connectivity index (χ3v) is 2.87. The van der Waals surface area contributed by atoms with Gasteiger partial charge in [0.1, 0.15) is 0 Å². The second-order valence-corrected chi connectivity index (χ2v) is 5.46. The normalized spacial score (nSPS) is 33.4. The van der Waals surface area contributed by atoms with Gasteiger partial charge in [0.05, 0.1) is 18.2 Å². The molecule has 70 valence electrons. The first kappa shape index (κ1) is 10.6. The summed E-state index contributed by atoms with van der Waals surface area (Å²) in [5.74, 6) is 0.253. The van der Waals surface area contributed by atoms with Gasteiger partial charge in [0.15, 0.2) is 14.0 Å². The lowest BCUT2D eigenvalue weighted by Gasteiger charge is -2.32. The molecule has 0 bridgehead atoms. The highest BCUT2D eigenvalue weighted by molar-refractivity contribution is 7.53. The van der Waals surface area contributed by atoms with Crippen molar-refractivity contribution >= 4 is 23.2 Å². The molecule has 0 saturated carbocycles. The average Bonchev–Trinajstić information content (AvgIpc) is 1.81. The van der Waals surface area contributed by atoms with Gasteiger partial charge >= 0.3 is 0 Å². The molecular weight excluding hydrogens is 190 g/mol. The molecule has 5 heteroatoms. The summed E-state index contributed by atoms with van der Waals surface area (Å²) in [6, 6.07) is 0. The van der Waals surface area contributed by atoms with Crippen molar-refractivity contribution in [3.63, 3.8) is 0 Å². The van der Waals surface area contributed by atoms with Crippen molar-refractivity contribution < 1.29 is 4.74 Å². The van der Waals surface area contributed by atoms with Gasteiger partial charge in [0, 0.05) is 13.1 Å². The fraction of sp³-hybridized carbons (Fsp3) is 0.857. The van der Waals surface area contributed by atoms with Gasteiger partial charge in [0.25, 0.3) is 0 Å². The Morgan fingerprint density at radius 2 is 2.42 bits per heavy atom. The molecule has 2 N–H and O–H groups in total. The topological polar surface area (TPSA) is 38.5 Å². The van der Waals surface area contributed by atoms with E-state index in [-0.39, 0.29) is 5.85 Å². The number of hydrogen-bond acceptors (Lipinski definition) is 3. The van der Waals surface area contributed by atoms with Gasteiger partial charge in [-0.15, -0.1) is 9.24 Å². The molecule has 1 heterocycles. The molecule has 0 spiro atoms. The van der Waals surface area contributed by atoms with Crippen LogP contribution in [-0.2, 0) is 4.74 Å². The number of nitrogens with zero attached hydrogens (tertiary/aromatic N) is 1. The Hall–Kier alpha value is 0.480. The maximum Gasteiger partial charge on any atom is 0.187 e. The predicted octanol–water partition coefficient (Wildman–Crippen LogP) is 0.653. The van der Waals surface area contributed by atoms with Gasteiger partial charge in [-0.2, -0.15) is 5.50 Å². The summed E-state index contributed by atoms with van der Waals surface area (Å²) in [5.41, 5.74) is 5.68. The molecule has 12 heavy (non-hydrogen) atoms. The quantitative estimate of drug-likeness (QED) is 0.676. The van der Waals surface area contributed by atoms with Crippen molar-refractivity contribution in [2.24, 2.45) is 5.50 Å². The van der Waals surface area contributed by atoms with Crippen LogP contribution < -0.4 is 5.50 Å². The maximum absolute atomic E-state index is 5.68. The Balaban J connectivity index is 2.38. The molecule has 3 nitrogen and oxygen atoms in total. The molecule has 0 amide bonds. The van der Waals surface area contributed by atoms with Crippen LogP contribution in [0.15, 0.2) is 0 Å². The van der Waals surface area contributed by atoms with E-state index >= 15 is 0 Å². The van der Waals surface area contributed by atoms with Crippen molar-refractivity contribution in [2.45, 2.75) is 18.9 Å². The fourth-order valence-electron chi connectivity index (χ4n) is 1.45. The van der Waals surface area contributed by atoms with Crippen LogP contribution in [0.3, 0.4) is 0 Å². The molecule has 0 aromatic heterocycles. The van der Waals surface area contributed by atoms with E-state index in [1.807, 2.05) is 0 Å². The summed E-state index contributed by atoms with van der Waals surface area (Å²) in [6.45, 7) is 4.03. The summed E-state index contributed by atoms with van der Waals surface area (Å²) in [6.07, 6.45) is 5.08. The third kappa shape index (κ3) is 3.47. The minimum atomic E-state index is -0.550. The molecule has 0 aromatic rings. The molecule has 4 atom stereocenters. The Morgan fingerprint density at radius 1 is 1.75 bits per heavy atom. The van der Waals surface area contributed by atoms with Crippen molar-refractivity contribution in [3.05, 3.63) is 0 Å². The molecule has 1 aliphatic rings. The third-order valence-electron chi connectivity index (χ3n) is 1.74. The zero-order valence-corrected chi connectivity index (χ0v) is 9.49. The van der Waals surface area contributed by atoms with Gasteiger partial charge in [-0.3, -0.25) is 4.90 Å². The SMILES string of the molecule is C=[P+](N)CN1CC(C)OC(P)C1. The first-order chi connectivity index (χ1) is 5.58. The zero-order chi connectivity index (χ0) is 9.14. The molecule has 1 saturated heterocycles. The summed E-state index contributed by atoms with van der Waals surface area (Å²) in [7, 11) is 2.15. The lowest BCUT2D eigenvalue weighted by atomic mass is 10.3. The van der Waals surface area contributed by atoms with Gasteiger partial charge in [-0.25, -0.2) is 0 Å². The van der Waals surface area contributed by atoms with Crippen LogP contribution in [0.4, 0.5) is 0 Å². The summed E-state index contributed by atoms with van der Waals surface area (Å²) < 4.78 is 5.57. The second kappa shape index (κ2) is 4.64. The summed E-state index contributed by atoms with van der Waals surface area (Å²) in [4.78, 5) is 2.32. The maximum atomic E-state index is 5.68.